The molecule has 0 bridgehead atoms. The summed E-state index contributed by atoms with van der Waals surface area (Å²) in [5, 5.41) is 5.82. The summed E-state index contributed by atoms with van der Waals surface area (Å²) in [6.07, 6.45) is 6.44. The fourth-order valence-corrected chi connectivity index (χ4v) is 2.98. The molecular formula is C19H17N3O2S. The molecule has 6 heteroatoms. The Morgan fingerprint density at radius 2 is 2.04 bits per heavy atom. The quantitative estimate of drug-likeness (QED) is 0.701. The lowest BCUT2D eigenvalue weighted by Crippen LogP contribution is -2.07. The van der Waals surface area contributed by atoms with Crippen molar-refractivity contribution in [3.63, 3.8) is 0 Å². The lowest BCUT2D eigenvalue weighted by molar-refractivity contribution is -0.111. The number of carbonyl (C=O) groups is 1. The standard InChI is InChI=1S/C19H17N3O2S/c1-13-12-25-19(21-13)15-4-6-16(7-5-15)22-18(23)8-3-14-9-17(24-2)11-20-10-14/h3-12H,1-2H3,(H,22,23)/b8-3+. The normalized spacial score (nSPS) is 10.8. The molecule has 1 aromatic carbocycles. The Morgan fingerprint density at radius 1 is 1.24 bits per heavy atom. The van der Waals surface area contributed by atoms with Gasteiger partial charge in [0.2, 0.25) is 5.91 Å². The molecule has 0 aliphatic heterocycles. The van der Waals surface area contributed by atoms with Crippen molar-refractivity contribution in [1.82, 2.24) is 9.97 Å². The number of anilines is 1. The first kappa shape index (κ1) is 16.9. The minimum absolute atomic E-state index is 0.208. The van der Waals surface area contributed by atoms with E-state index >= 15 is 0 Å². The van der Waals surface area contributed by atoms with Gasteiger partial charge in [0.1, 0.15) is 10.8 Å². The van der Waals surface area contributed by atoms with Gasteiger partial charge in [0.25, 0.3) is 0 Å². The largest absolute Gasteiger partial charge is 0.495 e. The summed E-state index contributed by atoms with van der Waals surface area (Å²) in [4.78, 5) is 20.5. The van der Waals surface area contributed by atoms with Gasteiger partial charge >= 0.3 is 0 Å². The minimum Gasteiger partial charge on any atom is -0.495 e. The lowest BCUT2D eigenvalue weighted by Gasteiger charge is -2.03. The number of aromatic nitrogens is 2. The van der Waals surface area contributed by atoms with Crippen molar-refractivity contribution in [3.8, 4) is 16.3 Å². The van der Waals surface area contributed by atoms with Crippen LogP contribution in [0.4, 0.5) is 5.69 Å². The molecule has 25 heavy (non-hydrogen) atoms. The van der Waals surface area contributed by atoms with Gasteiger partial charge in [0.05, 0.1) is 13.3 Å². The van der Waals surface area contributed by atoms with Crippen LogP contribution in [0.25, 0.3) is 16.6 Å². The van der Waals surface area contributed by atoms with Crippen LogP contribution in [0.5, 0.6) is 5.75 Å². The highest BCUT2D eigenvalue weighted by Gasteiger charge is 2.03. The first-order chi connectivity index (χ1) is 12.1. The number of hydrogen-bond donors (Lipinski definition) is 1. The van der Waals surface area contributed by atoms with Crippen molar-refractivity contribution < 1.29 is 9.53 Å². The van der Waals surface area contributed by atoms with Gasteiger partial charge in [-0.2, -0.15) is 0 Å². The van der Waals surface area contributed by atoms with E-state index in [9.17, 15) is 4.79 Å². The Kier molecular flexibility index (Phi) is 5.20. The van der Waals surface area contributed by atoms with Crippen LogP contribution < -0.4 is 10.1 Å². The first-order valence-electron chi connectivity index (χ1n) is 7.65. The third-order valence-corrected chi connectivity index (χ3v) is 4.42. The van der Waals surface area contributed by atoms with Gasteiger partial charge in [-0.1, -0.05) is 0 Å². The number of methoxy groups -OCH3 is 1. The Morgan fingerprint density at radius 3 is 2.72 bits per heavy atom. The van der Waals surface area contributed by atoms with Crippen molar-refractivity contribution in [2.75, 3.05) is 12.4 Å². The summed E-state index contributed by atoms with van der Waals surface area (Å²) < 4.78 is 5.11. The van der Waals surface area contributed by atoms with E-state index in [0.717, 1.165) is 27.5 Å². The molecule has 0 saturated carbocycles. The fraction of sp³-hybridized carbons (Fsp3) is 0.105. The predicted octanol–water partition coefficient (Wildman–Crippen LogP) is 4.17. The molecule has 0 spiro atoms. The molecule has 2 heterocycles. The van der Waals surface area contributed by atoms with E-state index in [1.165, 1.54) is 6.08 Å². The van der Waals surface area contributed by atoms with E-state index in [0.29, 0.717) is 5.75 Å². The molecular weight excluding hydrogens is 334 g/mol. The number of rotatable bonds is 5. The number of nitrogens with one attached hydrogen (secondary N) is 1. The van der Waals surface area contributed by atoms with Crippen molar-refractivity contribution >= 4 is 29.0 Å². The van der Waals surface area contributed by atoms with Crippen molar-refractivity contribution in [1.29, 1.82) is 0 Å². The average Bonchev–Trinajstić information content (AvgIpc) is 3.07. The number of benzene rings is 1. The highest BCUT2D eigenvalue weighted by molar-refractivity contribution is 7.13. The van der Waals surface area contributed by atoms with E-state index < -0.39 is 0 Å². The number of pyridine rings is 1. The van der Waals surface area contributed by atoms with Gasteiger partial charge in [-0.15, -0.1) is 11.3 Å². The molecule has 0 atom stereocenters. The molecule has 1 N–H and O–H groups in total. The minimum atomic E-state index is -0.208. The molecule has 0 aliphatic carbocycles. The van der Waals surface area contributed by atoms with Crippen LogP contribution in [0.3, 0.4) is 0 Å². The molecule has 0 unspecified atom stereocenters. The number of hydrogen-bond acceptors (Lipinski definition) is 5. The van der Waals surface area contributed by atoms with Gasteiger partial charge in [-0.3, -0.25) is 9.78 Å². The second-order valence-corrected chi connectivity index (χ2v) is 6.21. The van der Waals surface area contributed by atoms with Crippen molar-refractivity contribution in [2.24, 2.45) is 0 Å². The van der Waals surface area contributed by atoms with E-state index in [1.54, 1.807) is 36.9 Å². The van der Waals surface area contributed by atoms with Crippen LogP contribution in [0.15, 0.2) is 54.2 Å². The zero-order chi connectivity index (χ0) is 17.6. The van der Waals surface area contributed by atoms with Crippen LogP contribution in [-0.2, 0) is 4.79 Å². The van der Waals surface area contributed by atoms with Gasteiger partial charge in [-0.25, -0.2) is 4.98 Å². The molecule has 5 nitrogen and oxygen atoms in total. The van der Waals surface area contributed by atoms with Gasteiger partial charge in [0, 0.05) is 34.6 Å². The van der Waals surface area contributed by atoms with E-state index in [2.05, 4.69) is 15.3 Å². The van der Waals surface area contributed by atoms with Crippen molar-refractivity contribution in [3.05, 3.63) is 65.4 Å². The first-order valence-corrected chi connectivity index (χ1v) is 8.53. The summed E-state index contributed by atoms with van der Waals surface area (Å²) in [6.45, 7) is 1.97. The van der Waals surface area contributed by atoms with Gasteiger partial charge < -0.3 is 10.1 Å². The van der Waals surface area contributed by atoms with Crippen LogP contribution in [0.1, 0.15) is 11.3 Å². The summed E-state index contributed by atoms with van der Waals surface area (Å²) in [7, 11) is 1.58. The summed E-state index contributed by atoms with van der Waals surface area (Å²) >= 11 is 1.61. The number of nitrogens with zero attached hydrogens (tertiary/aromatic N) is 2. The van der Waals surface area contributed by atoms with Crippen LogP contribution in [0.2, 0.25) is 0 Å². The second kappa shape index (κ2) is 7.72. The van der Waals surface area contributed by atoms with Gasteiger partial charge in [-0.05, 0) is 48.9 Å². The Bertz CT molecular complexity index is 901. The third kappa shape index (κ3) is 4.51. The molecule has 1 amide bonds. The number of amides is 1. The molecule has 126 valence electrons. The summed E-state index contributed by atoms with van der Waals surface area (Å²) in [6, 6.07) is 9.44. The number of ether oxygens (including phenoxy) is 1. The van der Waals surface area contributed by atoms with Crippen LogP contribution in [0, 0.1) is 6.92 Å². The Balaban J connectivity index is 1.63. The average molecular weight is 351 g/mol. The van der Waals surface area contributed by atoms with E-state index in [1.807, 2.05) is 42.6 Å². The monoisotopic (exact) mass is 351 g/mol. The molecule has 3 rings (SSSR count). The maximum absolute atomic E-state index is 12.0. The number of thiazole rings is 1. The Labute approximate surface area is 150 Å². The molecule has 2 aromatic heterocycles. The van der Waals surface area contributed by atoms with E-state index in [-0.39, 0.29) is 5.91 Å². The smallest absolute Gasteiger partial charge is 0.248 e. The SMILES string of the molecule is COc1cncc(/C=C/C(=O)Nc2ccc(-c3nc(C)cs3)cc2)c1. The Hall–Kier alpha value is -2.99. The lowest BCUT2D eigenvalue weighted by atomic mass is 10.2. The van der Waals surface area contributed by atoms with Crippen LogP contribution >= 0.6 is 11.3 Å². The highest BCUT2D eigenvalue weighted by Crippen LogP contribution is 2.24. The molecule has 0 saturated heterocycles. The topological polar surface area (TPSA) is 64.1 Å². The zero-order valence-electron chi connectivity index (χ0n) is 13.9. The summed E-state index contributed by atoms with van der Waals surface area (Å²) in [5.41, 5.74) is 3.57. The molecule has 3 aromatic rings. The highest BCUT2D eigenvalue weighted by atomic mass is 32.1. The van der Waals surface area contributed by atoms with Gasteiger partial charge in [0.15, 0.2) is 0 Å². The summed E-state index contributed by atoms with van der Waals surface area (Å²) in [5.74, 6) is 0.441. The number of aryl methyl sites for hydroxylation is 1. The molecule has 0 radical (unpaired) electrons. The van der Waals surface area contributed by atoms with E-state index in [4.69, 9.17) is 4.74 Å². The van der Waals surface area contributed by atoms with Crippen LogP contribution in [-0.4, -0.2) is 23.0 Å². The second-order valence-electron chi connectivity index (χ2n) is 5.35. The van der Waals surface area contributed by atoms with Crippen molar-refractivity contribution in [2.45, 2.75) is 6.92 Å². The molecule has 0 aliphatic rings. The molecule has 0 fully saturated rings. The maximum Gasteiger partial charge on any atom is 0.248 e. The fourth-order valence-electron chi connectivity index (χ4n) is 2.18. The number of carbonyl (C=O) groups excluding carboxylic acids is 1. The third-order valence-electron chi connectivity index (χ3n) is 3.42. The zero-order valence-corrected chi connectivity index (χ0v) is 14.7. The predicted molar refractivity (Wildman–Crippen MR) is 101 cm³/mol. The maximum atomic E-state index is 12.0.